The lowest BCUT2D eigenvalue weighted by atomic mass is 9.82. The molecule has 0 amide bonds. The molecule has 110 valence electrons. The van der Waals surface area contributed by atoms with Crippen LogP contribution in [-0.4, -0.2) is 0 Å². The lowest BCUT2D eigenvalue weighted by Crippen LogP contribution is -2.11. The first-order valence-corrected chi connectivity index (χ1v) is 8.40. The molecule has 0 bridgehead atoms. The predicted octanol–water partition coefficient (Wildman–Crippen LogP) is 6.53. The first kappa shape index (κ1) is 16.5. The van der Waals surface area contributed by atoms with E-state index in [1.807, 2.05) is 0 Å². The number of hydrogen-bond acceptors (Lipinski definition) is 0. The third-order valence-corrected chi connectivity index (χ3v) is 5.06. The Kier molecular flexibility index (Phi) is 7.49. The van der Waals surface area contributed by atoms with Gasteiger partial charge < -0.3 is 0 Å². The third kappa shape index (κ3) is 5.97. The molecule has 1 aliphatic rings. The Labute approximate surface area is 121 Å². The Balaban J connectivity index is 2.31. The van der Waals surface area contributed by atoms with E-state index in [2.05, 4.69) is 46.8 Å². The smallest absolute Gasteiger partial charge is 0.0228 e. The molecule has 0 aromatic carbocycles. The van der Waals surface area contributed by atoms with E-state index in [4.69, 9.17) is 0 Å². The summed E-state index contributed by atoms with van der Waals surface area (Å²) >= 11 is 0. The van der Waals surface area contributed by atoms with E-state index in [1.165, 1.54) is 50.5 Å². The Morgan fingerprint density at radius 2 is 1.63 bits per heavy atom. The number of rotatable bonds is 8. The maximum atomic E-state index is 2.45. The Bertz CT molecular complexity index is 308. The second-order valence-electron chi connectivity index (χ2n) is 6.83. The summed E-state index contributed by atoms with van der Waals surface area (Å²) in [4.78, 5) is 0. The molecule has 0 radical (unpaired) electrons. The maximum Gasteiger partial charge on any atom is -0.0228 e. The molecule has 1 aliphatic carbocycles. The Hall–Kier alpha value is -0.520. The molecular formula is C19H34. The topological polar surface area (TPSA) is 0 Å². The average Bonchev–Trinajstić information content (AvgIpc) is 2.42. The van der Waals surface area contributed by atoms with Crippen LogP contribution in [0.2, 0.25) is 0 Å². The third-order valence-electron chi connectivity index (χ3n) is 5.06. The minimum atomic E-state index is 0.783. The van der Waals surface area contributed by atoms with E-state index in [0.717, 1.165) is 17.8 Å². The molecule has 0 heteroatoms. The van der Waals surface area contributed by atoms with Crippen molar-refractivity contribution < 1.29 is 0 Å². The van der Waals surface area contributed by atoms with Crippen molar-refractivity contribution >= 4 is 0 Å². The van der Waals surface area contributed by atoms with Gasteiger partial charge in [0.05, 0.1) is 0 Å². The normalized spacial score (nSPS) is 20.5. The molecule has 0 spiro atoms. The number of hydrogen-bond donors (Lipinski definition) is 0. The SMILES string of the molecule is CCCCC(C)C(C)CCC(C)C1=CC=C(C)CC1. The highest BCUT2D eigenvalue weighted by Crippen LogP contribution is 2.30. The zero-order valence-corrected chi connectivity index (χ0v) is 13.8. The summed E-state index contributed by atoms with van der Waals surface area (Å²) < 4.78 is 0. The molecule has 1 rings (SSSR count). The Morgan fingerprint density at radius 1 is 0.947 bits per heavy atom. The minimum Gasteiger partial charge on any atom is -0.0730 e. The van der Waals surface area contributed by atoms with E-state index in [1.54, 1.807) is 5.57 Å². The van der Waals surface area contributed by atoms with E-state index < -0.39 is 0 Å². The van der Waals surface area contributed by atoms with Crippen LogP contribution in [0.25, 0.3) is 0 Å². The van der Waals surface area contributed by atoms with Gasteiger partial charge in [0.2, 0.25) is 0 Å². The van der Waals surface area contributed by atoms with Crippen LogP contribution >= 0.6 is 0 Å². The van der Waals surface area contributed by atoms with Crippen molar-refractivity contribution in [1.82, 2.24) is 0 Å². The van der Waals surface area contributed by atoms with Crippen molar-refractivity contribution in [3.63, 3.8) is 0 Å². The second-order valence-corrected chi connectivity index (χ2v) is 6.83. The molecule has 0 aromatic heterocycles. The zero-order chi connectivity index (χ0) is 14.3. The van der Waals surface area contributed by atoms with Crippen LogP contribution in [-0.2, 0) is 0 Å². The molecule has 0 saturated carbocycles. The van der Waals surface area contributed by atoms with Gasteiger partial charge in [0.15, 0.2) is 0 Å². The van der Waals surface area contributed by atoms with Gasteiger partial charge in [-0.05, 0) is 50.4 Å². The summed E-state index contributed by atoms with van der Waals surface area (Å²) in [5, 5.41) is 0. The summed E-state index contributed by atoms with van der Waals surface area (Å²) in [6, 6.07) is 0. The van der Waals surface area contributed by atoms with Crippen LogP contribution in [0.1, 0.15) is 79.6 Å². The molecule has 19 heavy (non-hydrogen) atoms. The first-order valence-electron chi connectivity index (χ1n) is 8.40. The Morgan fingerprint density at radius 3 is 2.21 bits per heavy atom. The quantitative estimate of drug-likeness (QED) is 0.466. The first-order chi connectivity index (χ1) is 9.04. The lowest BCUT2D eigenvalue weighted by Gasteiger charge is -2.23. The van der Waals surface area contributed by atoms with Crippen molar-refractivity contribution in [3.8, 4) is 0 Å². The van der Waals surface area contributed by atoms with Crippen molar-refractivity contribution in [1.29, 1.82) is 0 Å². The van der Waals surface area contributed by atoms with Crippen LogP contribution in [0, 0.1) is 17.8 Å². The van der Waals surface area contributed by atoms with Gasteiger partial charge in [-0.1, -0.05) is 70.3 Å². The standard InChI is InChI=1S/C19H34/c1-6-7-8-16(3)17(4)11-12-18(5)19-13-9-15(2)10-14-19/h9,13,16-18H,6-8,10-12,14H2,1-5H3. The van der Waals surface area contributed by atoms with Gasteiger partial charge >= 0.3 is 0 Å². The van der Waals surface area contributed by atoms with Gasteiger partial charge in [0, 0.05) is 0 Å². The largest absolute Gasteiger partial charge is 0.0730 e. The summed E-state index contributed by atoms with van der Waals surface area (Å²) in [6.45, 7) is 11.9. The molecule has 0 saturated heterocycles. The monoisotopic (exact) mass is 262 g/mol. The molecule has 3 atom stereocenters. The highest BCUT2D eigenvalue weighted by molar-refractivity contribution is 5.24. The van der Waals surface area contributed by atoms with Crippen LogP contribution < -0.4 is 0 Å². The molecule has 0 aromatic rings. The van der Waals surface area contributed by atoms with E-state index in [-0.39, 0.29) is 0 Å². The van der Waals surface area contributed by atoms with Gasteiger partial charge in [0.25, 0.3) is 0 Å². The number of unbranched alkanes of at least 4 members (excludes halogenated alkanes) is 1. The summed E-state index contributed by atoms with van der Waals surface area (Å²) in [7, 11) is 0. The summed E-state index contributed by atoms with van der Waals surface area (Å²) in [5.74, 6) is 2.57. The van der Waals surface area contributed by atoms with Crippen molar-refractivity contribution in [2.45, 2.75) is 79.6 Å². The van der Waals surface area contributed by atoms with Crippen LogP contribution in [0.3, 0.4) is 0 Å². The average molecular weight is 262 g/mol. The van der Waals surface area contributed by atoms with Crippen molar-refractivity contribution in [3.05, 3.63) is 23.3 Å². The van der Waals surface area contributed by atoms with Crippen molar-refractivity contribution in [2.75, 3.05) is 0 Å². The maximum absolute atomic E-state index is 2.45. The fraction of sp³-hybridized carbons (Fsp3) is 0.789. The van der Waals surface area contributed by atoms with Gasteiger partial charge in [0.1, 0.15) is 0 Å². The minimum absolute atomic E-state index is 0.783. The molecule has 0 fully saturated rings. The lowest BCUT2D eigenvalue weighted by molar-refractivity contribution is 0.316. The van der Waals surface area contributed by atoms with E-state index in [0.29, 0.717) is 0 Å². The zero-order valence-electron chi connectivity index (χ0n) is 13.8. The molecule has 0 nitrogen and oxygen atoms in total. The predicted molar refractivity (Wildman–Crippen MR) is 87.3 cm³/mol. The fourth-order valence-electron chi connectivity index (χ4n) is 2.96. The fourth-order valence-corrected chi connectivity index (χ4v) is 2.96. The van der Waals surface area contributed by atoms with Gasteiger partial charge in [-0.2, -0.15) is 0 Å². The molecular weight excluding hydrogens is 228 g/mol. The van der Waals surface area contributed by atoms with Crippen LogP contribution in [0.5, 0.6) is 0 Å². The highest BCUT2D eigenvalue weighted by Gasteiger charge is 2.16. The van der Waals surface area contributed by atoms with E-state index >= 15 is 0 Å². The molecule has 0 heterocycles. The summed E-state index contributed by atoms with van der Waals surface area (Å²) in [6.07, 6.45) is 14.2. The van der Waals surface area contributed by atoms with Gasteiger partial charge in [-0.25, -0.2) is 0 Å². The van der Waals surface area contributed by atoms with Crippen LogP contribution in [0.4, 0.5) is 0 Å². The van der Waals surface area contributed by atoms with Crippen LogP contribution in [0.15, 0.2) is 23.3 Å². The molecule has 0 N–H and O–H groups in total. The van der Waals surface area contributed by atoms with E-state index in [9.17, 15) is 0 Å². The summed E-state index contributed by atoms with van der Waals surface area (Å²) in [5.41, 5.74) is 3.22. The molecule has 3 unspecified atom stereocenters. The van der Waals surface area contributed by atoms with Gasteiger partial charge in [-0.3, -0.25) is 0 Å². The van der Waals surface area contributed by atoms with Gasteiger partial charge in [-0.15, -0.1) is 0 Å². The molecule has 0 aliphatic heterocycles. The second kappa shape index (κ2) is 8.61. The highest BCUT2D eigenvalue weighted by atomic mass is 14.2. The van der Waals surface area contributed by atoms with Crippen molar-refractivity contribution in [2.24, 2.45) is 17.8 Å². The number of allylic oxidation sites excluding steroid dienone is 4.